The average molecular weight is 455 g/mol. The van der Waals surface area contributed by atoms with Gasteiger partial charge in [-0.1, -0.05) is 37.6 Å². The molecule has 0 unspecified atom stereocenters. The van der Waals surface area contributed by atoms with E-state index in [4.69, 9.17) is 21.1 Å². The molecular weight excluding hydrogens is 428 g/mol. The van der Waals surface area contributed by atoms with E-state index in [-0.39, 0.29) is 23.3 Å². The monoisotopic (exact) mass is 454 g/mol. The van der Waals surface area contributed by atoms with Gasteiger partial charge in [-0.05, 0) is 44.2 Å². The number of carbonyl (C=O) groups excluding carboxylic acids is 1. The third kappa shape index (κ3) is 6.10. The molecule has 0 bridgehead atoms. The Labute approximate surface area is 183 Å². The zero-order chi connectivity index (χ0) is 22.3. The van der Waals surface area contributed by atoms with E-state index in [0.717, 1.165) is 0 Å². The first-order valence-corrected chi connectivity index (χ1v) is 11.5. The molecule has 0 aliphatic heterocycles. The van der Waals surface area contributed by atoms with Gasteiger partial charge in [0.05, 0.1) is 21.7 Å². The van der Waals surface area contributed by atoms with E-state index in [9.17, 15) is 13.2 Å². The van der Waals surface area contributed by atoms with Crippen molar-refractivity contribution in [2.45, 2.75) is 38.7 Å². The number of para-hydroxylation sites is 1. The highest BCUT2D eigenvalue weighted by molar-refractivity contribution is 7.89. The maximum atomic E-state index is 12.8. The smallest absolute Gasteiger partial charge is 0.262 e. The van der Waals surface area contributed by atoms with Gasteiger partial charge >= 0.3 is 0 Å². The van der Waals surface area contributed by atoms with Gasteiger partial charge in [-0.15, -0.1) is 0 Å². The van der Waals surface area contributed by atoms with Gasteiger partial charge in [0.15, 0.2) is 6.61 Å². The van der Waals surface area contributed by atoms with Gasteiger partial charge in [-0.2, -0.15) is 4.31 Å². The van der Waals surface area contributed by atoms with Crippen LogP contribution in [0.4, 0.5) is 5.69 Å². The fraction of sp³-hybridized carbons (Fsp3) is 0.381. The van der Waals surface area contributed by atoms with Crippen LogP contribution in [-0.4, -0.2) is 44.4 Å². The van der Waals surface area contributed by atoms with E-state index in [1.165, 1.54) is 16.4 Å². The Morgan fingerprint density at radius 1 is 1.10 bits per heavy atom. The largest absolute Gasteiger partial charge is 0.489 e. The summed E-state index contributed by atoms with van der Waals surface area (Å²) < 4.78 is 38.2. The number of hydrogen-bond acceptors (Lipinski definition) is 5. The molecule has 0 radical (unpaired) electrons. The number of carbonyl (C=O) groups is 1. The summed E-state index contributed by atoms with van der Waals surface area (Å²) in [5.41, 5.74) is 0.254. The molecule has 0 aliphatic rings. The Morgan fingerprint density at radius 3 is 2.37 bits per heavy atom. The Balaban J connectivity index is 2.26. The summed E-state index contributed by atoms with van der Waals surface area (Å²) in [7, 11) is -3.69. The fourth-order valence-corrected chi connectivity index (χ4v) is 4.40. The average Bonchev–Trinajstić information content (AvgIpc) is 2.69. The van der Waals surface area contributed by atoms with E-state index < -0.39 is 15.9 Å². The van der Waals surface area contributed by atoms with Gasteiger partial charge in [0.25, 0.3) is 5.91 Å². The van der Waals surface area contributed by atoms with Gasteiger partial charge in [0.1, 0.15) is 11.5 Å². The van der Waals surface area contributed by atoms with Crippen LogP contribution in [0.15, 0.2) is 47.4 Å². The standard InChI is InChI=1S/C21H27ClN2O5S/c1-5-24(6-2)30(26,27)16-11-12-20(29-15(3)4)18(13-16)23-21(25)14-28-19-10-8-7-9-17(19)22/h7-13,15H,5-6,14H2,1-4H3,(H,23,25). The molecule has 164 valence electrons. The number of rotatable bonds is 10. The first-order valence-electron chi connectivity index (χ1n) is 9.67. The van der Waals surface area contributed by atoms with Crippen molar-refractivity contribution < 1.29 is 22.7 Å². The van der Waals surface area contributed by atoms with E-state index in [2.05, 4.69) is 5.32 Å². The molecule has 1 N–H and O–H groups in total. The minimum Gasteiger partial charge on any atom is -0.489 e. The lowest BCUT2D eigenvalue weighted by Crippen LogP contribution is -2.30. The number of nitrogens with one attached hydrogen (secondary N) is 1. The highest BCUT2D eigenvalue weighted by atomic mass is 35.5. The third-order valence-corrected chi connectivity index (χ3v) is 6.48. The number of hydrogen-bond donors (Lipinski definition) is 1. The second-order valence-corrected chi connectivity index (χ2v) is 9.03. The molecule has 1 amide bonds. The SMILES string of the molecule is CCN(CC)S(=O)(=O)c1ccc(OC(C)C)c(NC(=O)COc2ccccc2Cl)c1. The molecule has 0 atom stereocenters. The predicted octanol–water partition coefficient (Wildman–Crippen LogP) is 4.18. The summed E-state index contributed by atoms with van der Waals surface area (Å²) in [6, 6.07) is 11.2. The van der Waals surface area contributed by atoms with E-state index >= 15 is 0 Å². The van der Waals surface area contributed by atoms with Crippen LogP contribution in [0.5, 0.6) is 11.5 Å². The second kappa shape index (κ2) is 10.7. The minimum absolute atomic E-state index is 0.0737. The summed E-state index contributed by atoms with van der Waals surface area (Å²) in [5.74, 6) is 0.279. The van der Waals surface area contributed by atoms with Crippen molar-refractivity contribution in [1.29, 1.82) is 0 Å². The number of halogens is 1. The molecule has 30 heavy (non-hydrogen) atoms. The number of ether oxygens (including phenoxy) is 2. The number of benzene rings is 2. The lowest BCUT2D eigenvalue weighted by atomic mass is 10.3. The van der Waals surface area contributed by atoms with Crippen LogP contribution in [0, 0.1) is 0 Å². The quantitative estimate of drug-likeness (QED) is 0.582. The molecular formula is C21H27ClN2O5S. The summed E-state index contributed by atoms with van der Waals surface area (Å²) in [4.78, 5) is 12.5. The maximum Gasteiger partial charge on any atom is 0.262 e. The molecule has 0 spiro atoms. The van der Waals surface area contributed by atoms with Gasteiger partial charge in [0, 0.05) is 13.1 Å². The molecule has 2 aromatic carbocycles. The molecule has 0 saturated heterocycles. The fourth-order valence-electron chi connectivity index (χ4n) is 2.73. The Bertz CT molecular complexity index is 975. The lowest BCUT2D eigenvalue weighted by Gasteiger charge is -2.20. The summed E-state index contributed by atoms with van der Waals surface area (Å²) in [5, 5.41) is 3.07. The van der Waals surface area contributed by atoms with Crippen LogP contribution in [0.3, 0.4) is 0 Å². The molecule has 2 aromatic rings. The van der Waals surface area contributed by atoms with E-state index in [0.29, 0.717) is 29.6 Å². The van der Waals surface area contributed by atoms with Crippen molar-refractivity contribution in [1.82, 2.24) is 4.31 Å². The van der Waals surface area contributed by atoms with Crippen molar-refractivity contribution in [2.24, 2.45) is 0 Å². The van der Waals surface area contributed by atoms with Crippen molar-refractivity contribution in [2.75, 3.05) is 25.0 Å². The van der Waals surface area contributed by atoms with Crippen LogP contribution in [-0.2, 0) is 14.8 Å². The number of nitrogens with zero attached hydrogens (tertiary/aromatic N) is 1. The van der Waals surface area contributed by atoms with E-state index in [1.54, 1.807) is 44.2 Å². The zero-order valence-electron chi connectivity index (χ0n) is 17.5. The number of sulfonamides is 1. The molecule has 0 fully saturated rings. The highest BCUT2D eigenvalue weighted by Gasteiger charge is 2.23. The second-order valence-electron chi connectivity index (χ2n) is 6.68. The molecule has 9 heteroatoms. The van der Waals surface area contributed by atoms with Crippen LogP contribution in [0.25, 0.3) is 0 Å². The van der Waals surface area contributed by atoms with Crippen LogP contribution < -0.4 is 14.8 Å². The van der Waals surface area contributed by atoms with Gasteiger partial charge in [-0.3, -0.25) is 4.79 Å². The summed E-state index contributed by atoms with van der Waals surface area (Å²) in [6.45, 7) is 7.61. The van der Waals surface area contributed by atoms with Crippen molar-refractivity contribution >= 4 is 33.2 Å². The normalized spacial score (nSPS) is 11.6. The van der Waals surface area contributed by atoms with Crippen molar-refractivity contribution in [3.63, 3.8) is 0 Å². The first-order chi connectivity index (χ1) is 14.2. The molecule has 7 nitrogen and oxygen atoms in total. The van der Waals surface area contributed by atoms with Crippen LogP contribution in [0.2, 0.25) is 5.02 Å². The molecule has 0 aliphatic carbocycles. The third-order valence-electron chi connectivity index (χ3n) is 4.13. The maximum absolute atomic E-state index is 12.8. The molecule has 0 saturated carbocycles. The van der Waals surface area contributed by atoms with Gasteiger partial charge in [-0.25, -0.2) is 8.42 Å². The summed E-state index contributed by atoms with van der Waals surface area (Å²) in [6.07, 6.45) is -0.162. The van der Waals surface area contributed by atoms with E-state index in [1.807, 2.05) is 13.8 Å². The Morgan fingerprint density at radius 2 is 1.77 bits per heavy atom. The molecule has 2 rings (SSSR count). The van der Waals surface area contributed by atoms with Gasteiger partial charge in [0.2, 0.25) is 10.0 Å². The van der Waals surface area contributed by atoms with Gasteiger partial charge < -0.3 is 14.8 Å². The minimum atomic E-state index is -3.69. The molecule has 0 heterocycles. The first kappa shape index (κ1) is 24.0. The molecule has 0 aromatic heterocycles. The zero-order valence-corrected chi connectivity index (χ0v) is 19.1. The topological polar surface area (TPSA) is 84.9 Å². The Hall–Kier alpha value is -2.29. The van der Waals surface area contributed by atoms with Crippen molar-refractivity contribution in [3.05, 3.63) is 47.5 Å². The van der Waals surface area contributed by atoms with Crippen molar-refractivity contribution in [3.8, 4) is 11.5 Å². The lowest BCUT2D eigenvalue weighted by molar-refractivity contribution is -0.118. The predicted molar refractivity (Wildman–Crippen MR) is 118 cm³/mol. The number of amides is 1. The highest BCUT2D eigenvalue weighted by Crippen LogP contribution is 2.30. The van der Waals surface area contributed by atoms with Crippen LogP contribution >= 0.6 is 11.6 Å². The summed E-state index contributed by atoms with van der Waals surface area (Å²) >= 11 is 6.03. The number of anilines is 1. The van der Waals surface area contributed by atoms with Crippen LogP contribution in [0.1, 0.15) is 27.7 Å². The Kier molecular flexibility index (Phi) is 8.52.